The molecule has 0 saturated carbocycles. The molecule has 3 rings (SSSR count). The Labute approximate surface area is 101 Å². The fourth-order valence-corrected chi connectivity index (χ4v) is 2.56. The molecule has 0 amide bonds. The molecule has 4 nitrogen and oxygen atoms in total. The molecule has 1 aromatic heterocycles. The highest BCUT2D eigenvalue weighted by molar-refractivity contribution is 5.74. The molecule has 2 aromatic rings. The number of piperidine rings is 1. The van der Waals surface area contributed by atoms with Gasteiger partial charge in [-0.25, -0.2) is 4.98 Å². The monoisotopic (exact) mass is 230 g/mol. The Morgan fingerprint density at radius 2 is 2.00 bits per heavy atom. The number of nitrogens with one attached hydrogen (secondary N) is 2. The highest BCUT2D eigenvalue weighted by atomic mass is 15.0. The van der Waals surface area contributed by atoms with Gasteiger partial charge in [-0.05, 0) is 44.0 Å². The van der Waals surface area contributed by atoms with Crippen LogP contribution in [0.15, 0.2) is 24.3 Å². The highest BCUT2D eigenvalue weighted by Gasteiger charge is 2.23. The van der Waals surface area contributed by atoms with Crippen LogP contribution in [0, 0.1) is 5.92 Å². The minimum Gasteiger partial charge on any atom is -0.341 e. The maximum atomic E-state index is 6.31. The third-order valence-electron chi connectivity index (χ3n) is 3.62. The van der Waals surface area contributed by atoms with Crippen molar-refractivity contribution in [2.45, 2.75) is 18.9 Å². The first-order valence-electron chi connectivity index (χ1n) is 6.25. The van der Waals surface area contributed by atoms with Crippen LogP contribution in [0.5, 0.6) is 0 Å². The van der Waals surface area contributed by atoms with Crippen molar-refractivity contribution in [1.82, 2.24) is 15.3 Å². The summed E-state index contributed by atoms with van der Waals surface area (Å²) in [5, 5.41) is 3.36. The first kappa shape index (κ1) is 10.7. The normalized spacial score (nSPS) is 19.6. The highest BCUT2D eigenvalue weighted by Crippen LogP contribution is 2.26. The smallest absolute Gasteiger partial charge is 0.124 e. The van der Waals surface area contributed by atoms with E-state index >= 15 is 0 Å². The fourth-order valence-electron chi connectivity index (χ4n) is 2.56. The first-order valence-corrected chi connectivity index (χ1v) is 6.25. The summed E-state index contributed by atoms with van der Waals surface area (Å²) < 4.78 is 0. The van der Waals surface area contributed by atoms with Gasteiger partial charge in [0.25, 0.3) is 0 Å². The molecule has 1 aliphatic rings. The lowest BCUT2D eigenvalue weighted by Gasteiger charge is -2.26. The Bertz CT molecular complexity index is 466. The molecular formula is C13H18N4. The molecule has 1 aromatic carbocycles. The van der Waals surface area contributed by atoms with Crippen LogP contribution in [0.25, 0.3) is 11.0 Å². The Morgan fingerprint density at radius 3 is 2.76 bits per heavy atom. The maximum Gasteiger partial charge on any atom is 0.124 e. The first-order chi connectivity index (χ1) is 8.34. The molecule has 1 aliphatic heterocycles. The molecule has 0 radical (unpaired) electrons. The summed E-state index contributed by atoms with van der Waals surface area (Å²) in [4.78, 5) is 7.92. The van der Waals surface area contributed by atoms with E-state index in [-0.39, 0.29) is 6.04 Å². The third-order valence-corrected chi connectivity index (χ3v) is 3.62. The summed E-state index contributed by atoms with van der Waals surface area (Å²) >= 11 is 0. The van der Waals surface area contributed by atoms with Crippen LogP contribution in [0.4, 0.5) is 0 Å². The van der Waals surface area contributed by atoms with E-state index in [0.717, 1.165) is 42.8 Å². The van der Waals surface area contributed by atoms with E-state index in [1.807, 2.05) is 24.3 Å². The number of para-hydroxylation sites is 2. The average Bonchev–Trinajstić information content (AvgIpc) is 2.82. The lowest BCUT2D eigenvalue weighted by molar-refractivity contribution is 0.315. The summed E-state index contributed by atoms with van der Waals surface area (Å²) in [6.45, 7) is 2.14. The van der Waals surface area contributed by atoms with Crippen LogP contribution in [0.3, 0.4) is 0 Å². The SMILES string of the molecule is NC(c1nc2ccccc2[nH]1)C1CCNCC1. The fraction of sp³-hybridized carbons (Fsp3) is 0.462. The zero-order valence-electron chi connectivity index (χ0n) is 9.82. The van der Waals surface area contributed by atoms with Crippen molar-refractivity contribution in [2.24, 2.45) is 11.7 Å². The van der Waals surface area contributed by atoms with Gasteiger partial charge in [-0.2, -0.15) is 0 Å². The number of hydrogen-bond donors (Lipinski definition) is 3. The van der Waals surface area contributed by atoms with Gasteiger partial charge in [0.2, 0.25) is 0 Å². The molecule has 90 valence electrons. The number of H-pyrrole nitrogens is 1. The van der Waals surface area contributed by atoms with Gasteiger partial charge in [0.1, 0.15) is 5.82 Å². The second-order valence-corrected chi connectivity index (χ2v) is 4.75. The number of rotatable bonds is 2. The quantitative estimate of drug-likeness (QED) is 0.733. The zero-order chi connectivity index (χ0) is 11.7. The molecule has 0 aliphatic carbocycles. The Kier molecular flexibility index (Phi) is 2.82. The summed E-state index contributed by atoms with van der Waals surface area (Å²) in [7, 11) is 0. The standard InChI is InChI=1S/C13H18N4/c14-12(9-5-7-15-8-6-9)13-16-10-3-1-2-4-11(10)17-13/h1-4,9,12,15H,5-8,14H2,(H,16,17). The summed E-state index contributed by atoms with van der Waals surface area (Å²) in [6.07, 6.45) is 2.27. The van der Waals surface area contributed by atoms with Crippen molar-refractivity contribution in [3.8, 4) is 0 Å². The van der Waals surface area contributed by atoms with Gasteiger partial charge in [0.05, 0.1) is 17.1 Å². The molecule has 0 bridgehead atoms. The molecule has 2 heterocycles. The minimum absolute atomic E-state index is 0.0319. The molecule has 0 spiro atoms. The minimum atomic E-state index is 0.0319. The topological polar surface area (TPSA) is 66.7 Å². The Morgan fingerprint density at radius 1 is 1.24 bits per heavy atom. The largest absolute Gasteiger partial charge is 0.341 e. The van der Waals surface area contributed by atoms with Crippen LogP contribution in [0.2, 0.25) is 0 Å². The molecule has 1 atom stereocenters. The second kappa shape index (κ2) is 4.47. The molecular weight excluding hydrogens is 212 g/mol. The van der Waals surface area contributed by atoms with Gasteiger partial charge in [-0.3, -0.25) is 0 Å². The maximum absolute atomic E-state index is 6.31. The van der Waals surface area contributed by atoms with Gasteiger partial charge in [-0.1, -0.05) is 12.1 Å². The van der Waals surface area contributed by atoms with Gasteiger partial charge in [-0.15, -0.1) is 0 Å². The van der Waals surface area contributed by atoms with Gasteiger partial charge in [0, 0.05) is 0 Å². The Hall–Kier alpha value is -1.39. The van der Waals surface area contributed by atoms with E-state index in [4.69, 9.17) is 5.73 Å². The number of benzene rings is 1. The lowest BCUT2D eigenvalue weighted by atomic mass is 9.90. The summed E-state index contributed by atoms with van der Waals surface area (Å²) in [5.74, 6) is 1.47. The lowest BCUT2D eigenvalue weighted by Crippen LogP contribution is -2.34. The third kappa shape index (κ3) is 2.06. The van der Waals surface area contributed by atoms with E-state index in [1.165, 1.54) is 0 Å². The Balaban J connectivity index is 1.86. The number of fused-ring (bicyclic) bond motifs is 1. The van der Waals surface area contributed by atoms with E-state index in [2.05, 4.69) is 15.3 Å². The van der Waals surface area contributed by atoms with Gasteiger partial charge in [0.15, 0.2) is 0 Å². The number of nitrogens with zero attached hydrogens (tertiary/aromatic N) is 1. The van der Waals surface area contributed by atoms with E-state index in [9.17, 15) is 0 Å². The van der Waals surface area contributed by atoms with Crippen LogP contribution < -0.4 is 11.1 Å². The molecule has 1 saturated heterocycles. The van der Waals surface area contributed by atoms with Crippen LogP contribution in [0.1, 0.15) is 24.7 Å². The molecule has 1 fully saturated rings. The summed E-state index contributed by atoms with van der Waals surface area (Å²) in [5.41, 5.74) is 8.39. The number of nitrogens with two attached hydrogens (primary N) is 1. The van der Waals surface area contributed by atoms with Crippen molar-refractivity contribution in [3.05, 3.63) is 30.1 Å². The van der Waals surface area contributed by atoms with Crippen LogP contribution in [-0.4, -0.2) is 23.1 Å². The number of hydrogen-bond acceptors (Lipinski definition) is 3. The van der Waals surface area contributed by atoms with Gasteiger partial charge >= 0.3 is 0 Å². The molecule has 4 N–H and O–H groups in total. The number of imidazole rings is 1. The molecule has 4 heteroatoms. The van der Waals surface area contributed by atoms with Crippen LogP contribution in [-0.2, 0) is 0 Å². The molecule has 17 heavy (non-hydrogen) atoms. The van der Waals surface area contributed by atoms with Crippen LogP contribution >= 0.6 is 0 Å². The van der Waals surface area contributed by atoms with E-state index < -0.39 is 0 Å². The zero-order valence-corrected chi connectivity index (χ0v) is 9.82. The molecule has 1 unspecified atom stereocenters. The summed E-state index contributed by atoms with van der Waals surface area (Å²) in [6, 6.07) is 8.11. The van der Waals surface area contributed by atoms with E-state index in [1.54, 1.807) is 0 Å². The predicted molar refractivity (Wildman–Crippen MR) is 68.6 cm³/mol. The van der Waals surface area contributed by atoms with E-state index in [0.29, 0.717) is 5.92 Å². The van der Waals surface area contributed by atoms with Crippen molar-refractivity contribution in [3.63, 3.8) is 0 Å². The van der Waals surface area contributed by atoms with Gasteiger partial charge < -0.3 is 16.0 Å². The second-order valence-electron chi connectivity index (χ2n) is 4.75. The van der Waals surface area contributed by atoms with Crippen molar-refractivity contribution >= 4 is 11.0 Å². The van der Waals surface area contributed by atoms with Crippen molar-refractivity contribution < 1.29 is 0 Å². The predicted octanol–water partition coefficient (Wildman–Crippen LogP) is 1.56. The average molecular weight is 230 g/mol. The number of aromatic nitrogens is 2. The number of aromatic amines is 1. The van der Waals surface area contributed by atoms with Crippen molar-refractivity contribution in [2.75, 3.05) is 13.1 Å². The van der Waals surface area contributed by atoms with Crippen molar-refractivity contribution in [1.29, 1.82) is 0 Å².